The fourth-order valence-electron chi connectivity index (χ4n) is 4.81. The van der Waals surface area contributed by atoms with Crippen molar-refractivity contribution >= 4 is 21.8 Å². The zero-order valence-corrected chi connectivity index (χ0v) is 22.0. The molecule has 1 unspecified atom stereocenters. The molecule has 6 heteroatoms. The maximum absolute atomic E-state index is 14.1. The van der Waals surface area contributed by atoms with Gasteiger partial charge in [0.15, 0.2) is 0 Å². The first-order valence-electron chi connectivity index (χ1n) is 12.3. The van der Waals surface area contributed by atoms with Crippen molar-refractivity contribution in [2.75, 3.05) is 39.3 Å². The van der Waals surface area contributed by atoms with Gasteiger partial charge in [0, 0.05) is 61.4 Å². The molecule has 0 saturated carbocycles. The number of piperazine rings is 1. The number of carbonyl (C=O) groups excluding carboxylic acids is 1. The Hall–Kier alpha value is -2.54. The number of carbonyl (C=O) groups is 1. The van der Waals surface area contributed by atoms with Crippen LogP contribution in [0.5, 0.6) is 0 Å². The van der Waals surface area contributed by atoms with E-state index in [0.717, 1.165) is 41.8 Å². The number of benzene rings is 3. The molecular weight excluding hydrogens is 505 g/mol. The van der Waals surface area contributed by atoms with Gasteiger partial charge in [0.05, 0.1) is 6.04 Å². The van der Waals surface area contributed by atoms with Crippen LogP contribution in [-0.4, -0.2) is 59.9 Å². The lowest BCUT2D eigenvalue weighted by Crippen LogP contribution is -2.47. The molecule has 1 aliphatic heterocycles. The molecule has 1 fully saturated rings. The van der Waals surface area contributed by atoms with E-state index in [2.05, 4.69) is 62.1 Å². The fraction of sp³-hybridized carbons (Fsp3) is 0.345. The van der Waals surface area contributed by atoms with Gasteiger partial charge in [0.25, 0.3) is 5.91 Å². The summed E-state index contributed by atoms with van der Waals surface area (Å²) in [4.78, 5) is 19.4. The standard InChI is InChI=1S/C29H33BrFN3O/c1-3-33(4-2)29(35)24-11-9-22(10-12-24)28(23-13-15-26(30)16-14-23)34-19-17-32(18-20-34)21-25-7-5-6-8-27(25)31/h5-16,28H,3-4,17-21H2,1-2H3. The molecule has 0 aliphatic carbocycles. The highest BCUT2D eigenvalue weighted by molar-refractivity contribution is 9.10. The summed E-state index contributed by atoms with van der Waals surface area (Å²) in [7, 11) is 0. The molecule has 4 nitrogen and oxygen atoms in total. The first-order chi connectivity index (χ1) is 17.0. The molecule has 1 amide bonds. The minimum atomic E-state index is -0.137. The highest BCUT2D eigenvalue weighted by Gasteiger charge is 2.27. The topological polar surface area (TPSA) is 26.8 Å². The van der Waals surface area contributed by atoms with Crippen LogP contribution < -0.4 is 0 Å². The van der Waals surface area contributed by atoms with Crippen LogP contribution in [0, 0.1) is 5.82 Å². The largest absolute Gasteiger partial charge is 0.339 e. The second-order valence-electron chi connectivity index (χ2n) is 8.96. The van der Waals surface area contributed by atoms with E-state index >= 15 is 0 Å². The van der Waals surface area contributed by atoms with E-state index in [1.165, 1.54) is 17.2 Å². The molecule has 0 bridgehead atoms. The fourth-order valence-corrected chi connectivity index (χ4v) is 5.07. The molecule has 3 aromatic rings. The molecule has 1 heterocycles. The Morgan fingerprint density at radius 1 is 0.886 bits per heavy atom. The van der Waals surface area contributed by atoms with Gasteiger partial charge in [-0.2, -0.15) is 0 Å². The summed E-state index contributed by atoms with van der Waals surface area (Å²) in [6, 6.07) is 23.7. The van der Waals surface area contributed by atoms with Gasteiger partial charge in [-0.15, -0.1) is 0 Å². The molecule has 1 atom stereocenters. The van der Waals surface area contributed by atoms with Gasteiger partial charge in [0.1, 0.15) is 5.82 Å². The number of hydrogen-bond acceptors (Lipinski definition) is 3. The highest BCUT2D eigenvalue weighted by Crippen LogP contribution is 2.31. The quantitative estimate of drug-likeness (QED) is 0.353. The number of rotatable bonds is 8. The third kappa shape index (κ3) is 6.18. The molecule has 0 N–H and O–H groups in total. The second kappa shape index (κ2) is 11.9. The summed E-state index contributed by atoms with van der Waals surface area (Å²) in [5.74, 6) is -0.0643. The normalized spacial score (nSPS) is 15.7. The Kier molecular flexibility index (Phi) is 8.71. The monoisotopic (exact) mass is 537 g/mol. The van der Waals surface area contributed by atoms with Gasteiger partial charge >= 0.3 is 0 Å². The predicted molar refractivity (Wildman–Crippen MR) is 143 cm³/mol. The maximum Gasteiger partial charge on any atom is 0.253 e. The maximum atomic E-state index is 14.1. The summed E-state index contributed by atoms with van der Waals surface area (Å²) < 4.78 is 15.2. The highest BCUT2D eigenvalue weighted by atomic mass is 79.9. The lowest BCUT2D eigenvalue weighted by Gasteiger charge is -2.40. The minimum Gasteiger partial charge on any atom is -0.339 e. The van der Waals surface area contributed by atoms with Crippen molar-refractivity contribution in [2.45, 2.75) is 26.4 Å². The average Bonchev–Trinajstić information content (AvgIpc) is 2.89. The number of nitrogens with zero attached hydrogens (tertiary/aromatic N) is 3. The summed E-state index contributed by atoms with van der Waals surface area (Å²) >= 11 is 3.55. The van der Waals surface area contributed by atoms with Gasteiger partial charge in [-0.1, -0.05) is 58.4 Å². The van der Waals surface area contributed by atoms with E-state index in [1.807, 2.05) is 43.0 Å². The van der Waals surface area contributed by atoms with Crippen molar-refractivity contribution in [2.24, 2.45) is 0 Å². The van der Waals surface area contributed by atoms with E-state index in [1.54, 1.807) is 6.07 Å². The van der Waals surface area contributed by atoms with Crippen LogP contribution in [0.25, 0.3) is 0 Å². The number of halogens is 2. The summed E-state index contributed by atoms with van der Waals surface area (Å²) in [6.45, 7) is 9.57. The van der Waals surface area contributed by atoms with Crippen LogP contribution in [0.1, 0.15) is 46.9 Å². The Labute approximate surface area is 216 Å². The third-order valence-electron chi connectivity index (χ3n) is 6.83. The van der Waals surface area contributed by atoms with Crippen LogP contribution in [0.15, 0.2) is 77.3 Å². The summed E-state index contributed by atoms with van der Waals surface area (Å²) in [5, 5.41) is 0. The third-order valence-corrected chi connectivity index (χ3v) is 7.36. The Balaban J connectivity index is 1.53. The van der Waals surface area contributed by atoms with Crippen LogP contribution in [0.2, 0.25) is 0 Å². The van der Waals surface area contributed by atoms with Crippen molar-refractivity contribution in [3.63, 3.8) is 0 Å². The number of hydrogen-bond donors (Lipinski definition) is 0. The number of amides is 1. The lowest BCUT2D eigenvalue weighted by atomic mass is 9.95. The molecule has 4 rings (SSSR count). The Morgan fingerprint density at radius 2 is 1.46 bits per heavy atom. The lowest BCUT2D eigenvalue weighted by molar-refractivity contribution is 0.0773. The smallest absolute Gasteiger partial charge is 0.253 e. The first kappa shape index (κ1) is 25.5. The first-order valence-corrected chi connectivity index (χ1v) is 13.1. The molecule has 3 aromatic carbocycles. The Bertz CT molecular complexity index is 1110. The van der Waals surface area contributed by atoms with Crippen LogP contribution in [-0.2, 0) is 6.54 Å². The van der Waals surface area contributed by atoms with Gasteiger partial charge in [-0.05, 0) is 55.3 Å². The van der Waals surface area contributed by atoms with Crippen molar-refractivity contribution in [3.8, 4) is 0 Å². The zero-order chi connectivity index (χ0) is 24.8. The van der Waals surface area contributed by atoms with Gasteiger partial charge in [0.2, 0.25) is 0 Å². The van der Waals surface area contributed by atoms with E-state index in [-0.39, 0.29) is 17.8 Å². The van der Waals surface area contributed by atoms with Crippen LogP contribution >= 0.6 is 15.9 Å². The molecular formula is C29H33BrFN3O. The van der Waals surface area contributed by atoms with Gasteiger partial charge in [-0.25, -0.2) is 4.39 Å². The van der Waals surface area contributed by atoms with Crippen LogP contribution in [0.4, 0.5) is 4.39 Å². The molecule has 0 aromatic heterocycles. The molecule has 1 saturated heterocycles. The zero-order valence-electron chi connectivity index (χ0n) is 20.5. The average molecular weight is 539 g/mol. The van der Waals surface area contributed by atoms with E-state index in [4.69, 9.17) is 0 Å². The summed E-state index contributed by atoms with van der Waals surface area (Å²) in [6.07, 6.45) is 0. The van der Waals surface area contributed by atoms with E-state index in [0.29, 0.717) is 19.6 Å². The molecule has 1 aliphatic rings. The summed E-state index contributed by atoms with van der Waals surface area (Å²) in [5.41, 5.74) is 3.87. The predicted octanol–water partition coefficient (Wildman–Crippen LogP) is 5.98. The molecule has 0 radical (unpaired) electrons. The van der Waals surface area contributed by atoms with Crippen molar-refractivity contribution in [3.05, 3.63) is 105 Å². The minimum absolute atomic E-state index is 0.0727. The Morgan fingerprint density at radius 3 is 2.03 bits per heavy atom. The van der Waals surface area contributed by atoms with E-state index in [9.17, 15) is 9.18 Å². The van der Waals surface area contributed by atoms with Gasteiger partial charge < -0.3 is 4.90 Å². The van der Waals surface area contributed by atoms with E-state index < -0.39 is 0 Å². The van der Waals surface area contributed by atoms with Crippen molar-refractivity contribution < 1.29 is 9.18 Å². The molecule has 35 heavy (non-hydrogen) atoms. The van der Waals surface area contributed by atoms with Gasteiger partial charge in [-0.3, -0.25) is 14.6 Å². The van der Waals surface area contributed by atoms with Crippen LogP contribution in [0.3, 0.4) is 0 Å². The molecule has 0 spiro atoms. The van der Waals surface area contributed by atoms with Crippen molar-refractivity contribution in [1.29, 1.82) is 0 Å². The molecule has 184 valence electrons. The van der Waals surface area contributed by atoms with Crippen molar-refractivity contribution in [1.82, 2.24) is 14.7 Å². The SMILES string of the molecule is CCN(CC)C(=O)c1ccc(C(c2ccc(Br)cc2)N2CCN(Cc3ccccc3F)CC2)cc1. The second-order valence-corrected chi connectivity index (χ2v) is 9.87.